The molecule has 30 heavy (non-hydrogen) atoms. The summed E-state index contributed by atoms with van der Waals surface area (Å²) in [5, 5.41) is 9.44. The van der Waals surface area contributed by atoms with Gasteiger partial charge in [0.15, 0.2) is 0 Å². The van der Waals surface area contributed by atoms with E-state index in [0.717, 1.165) is 25.7 Å². The van der Waals surface area contributed by atoms with Crippen molar-refractivity contribution >= 4 is 12.1 Å². The molecule has 2 aliphatic rings. The topological polar surface area (TPSA) is 66.8 Å². The van der Waals surface area contributed by atoms with Crippen molar-refractivity contribution in [2.75, 3.05) is 13.2 Å². The van der Waals surface area contributed by atoms with E-state index in [2.05, 4.69) is 31.2 Å². The van der Waals surface area contributed by atoms with Crippen LogP contribution in [0.3, 0.4) is 0 Å². The molecule has 0 aromatic heterocycles. The van der Waals surface area contributed by atoms with Gasteiger partial charge in [-0.1, -0.05) is 68.3 Å². The van der Waals surface area contributed by atoms with Gasteiger partial charge in [-0.3, -0.25) is 4.79 Å². The minimum atomic E-state index is -0.833. The van der Waals surface area contributed by atoms with Crippen LogP contribution in [-0.2, 0) is 9.53 Å². The zero-order valence-corrected chi connectivity index (χ0v) is 17.4. The van der Waals surface area contributed by atoms with E-state index in [-0.39, 0.29) is 31.2 Å². The molecule has 2 aromatic rings. The summed E-state index contributed by atoms with van der Waals surface area (Å²) in [6.45, 7) is 2.63. The number of ether oxygens (including phenoxy) is 1. The molecule has 1 aliphatic carbocycles. The molecule has 0 saturated carbocycles. The number of unbranched alkanes of at least 4 members (excludes halogenated alkanes) is 1. The van der Waals surface area contributed by atoms with E-state index in [4.69, 9.17) is 4.74 Å². The Labute approximate surface area is 177 Å². The van der Waals surface area contributed by atoms with Crippen LogP contribution in [0.5, 0.6) is 0 Å². The van der Waals surface area contributed by atoms with Crippen molar-refractivity contribution < 1.29 is 19.4 Å². The highest BCUT2D eigenvalue weighted by molar-refractivity contribution is 5.79. The third kappa shape index (κ3) is 3.93. The maximum atomic E-state index is 13.0. The molecule has 158 valence electrons. The van der Waals surface area contributed by atoms with E-state index in [1.165, 1.54) is 22.3 Å². The third-order valence-corrected chi connectivity index (χ3v) is 6.52. The van der Waals surface area contributed by atoms with E-state index >= 15 is 0 Å². The van der Waals surface area contributed by atoms with Crippen molar-refractivity contribution in [3.8, 4) is 11.1 Å². The lowest BCUT2D eigenvalue weighted by atomic mass is 9.90. The number of amides is 1. The second-order valence-corrected chi connectivity index (χ2v) is 8.36. The van der Waals surface area contributed by atoms with Gasteiger partial charge in [-0.15, -0.1) is 0 Å². The minimum absolute atomic E-state index is 0.00973. The molecule has 4 rings (SSSR count). The Morgan fingerprint density at radius 1 is 1.03 bits per heavy atom. The normalized spacial score (nSPS) is 20.5. The van der Waals surface area contributed by atoms with Gasteiger partial charge in [0.05, 0.1) is 5.92 Å². The zero-order valence-electron chi connectivity index (χ0n) is 17.4. The molecule has 1 saturated heterocycles. The molecular formula is C25H29NO4. The number of piperidine rings is 1. The molecule has 0 radical (unpaired) electrons. The Balaban J connectivity index is 1.49. The van der Waals surface area contributed by atoms with Gasteiger partial charge in [-0.05, 0) is 41.5 Å². The van der Waals surface area contributed by atoms with Crippen molar-refractivity contribution in [2.45, 2.75) is 51.0 Å². The van der Waals surface area contributed by atoms with Crippen molar-refractivity contribution in [3.63, 3.8) is 0 Å². The fraction of sp³-hybridized carbons (Fsp3) is 0.440. The fourth-order valence-electron chi connectivity index (χ4n) is 4.87. The van der Waals surface area contributed by atoms with Gasteiger partial charge in [0.1, 0.15) is 6.61 Å². The van der Waals surface area contributed by atoms with Gasteiger partial charge in [0.25, 0.3) is 0 Å². The monoisotopic (exact) mass is 407 g/mol. The molecule has 5 nitrogen and oxygen atoms in total. The predicted molar refractivity (Wildman–Crippen MR) is 115 cm³/mol. The molecular weight excluding hydrogens is 378 g/mol. The lowest BCUT2D eigenvalue weighted by molar-refractivity contribution is -0.143. The molecule has 1 aliphatic heterocycles. The number of hydrogen-bond acceptors (Lipinski definition) is 3. The van der Waals surface area contributed by atoms with E-state index in [9.17, 15) is 14.7 Å². The third-order valence-electron chi connectivity index (χ3n) is 6.52. The molecule has 0 bridgehead atoms. The Morgan fingerprint density at radius 2 is 1.67 bits per heavy atom. The lowest BCUT2D eigenvalue weighted by Gasteiger charge is -2.38. The highest BCUT2D eigenvalue weighted by atomic mass is 16.6. The predicted octanol–water partition coefficient (Wildman–Crippen LogP) is 5.29. The summed E-state index contributed by atoms with van der Waals surface area (Å²) in [6, 6.07) is 16.6. The van der Waals surface area contributed by atoms with Crippen LogP contribution in [0.15, 0.2) is 48.5 Å². The van der Waals surface area contributed by atoms with E-state index in [0.29, 0.717) is 6.42 Å². The fourth-order valence-corrected chi connectivity index (χ4v) is 4.87. The number of nitrogens with zero attached hydrogens (tertiary/aromatic N) is 1. The summed E-state index contributed by atoms with van der Waals surface area (Å²) >= 11 is 0. The SMILES string of the molecule is CCCCC1CCC(C(=O)O)CN1C(=O)OCC1c2ccccc2-c2ccccc21. The lowest BCUT2D eigenvalue weighted by Crippen LogP contribution is -2.49. The maximum Gasteiger partial charge on any atom is 0.410 e. The first-order valence-electron chi connectivity index (χ1n) is 10.9. The van der Waals surface area contributed by atoms with Crippen molar-refractivity contribution in [1.29, 1.82) is 0 Å². The molecule has 5 heteroatoms. The first-order chi connectivity index (χ1) is 14.6. The van der Waals surface area contributed by atoms with Crippen LogP contribution in [0.25, 0.3) is 11.1 Å². The molecule has 2 atom stereocenters. The second-order valence-electron chi connectivity index (χ2n) is 8.36. The zero-order chi connectivity index (χ0) is 21.1. The molecule has 1 heterocycles. The van der Waals surface area contributed by atoms with Crippen molar-refractivity contribution in [3.05, 3.63) is 59.7 Å². The average molecular weight is 408 g/mol. The Bertz CT molecular complexity index is 879. The Hall–Kier alpha value is -2.82. The summed E-state index contributed by atoms with van der Waals surface area (Å²) in [5.74, 6) is -1.33. The Kier molecular flexibility index (Phi) is 6.07. The van der Waals surface area contributed by atoms with Gasteiger partial charge >= 0.3 is 12.1 Å². The quantitative estimate of drug-likeness (QED) is 0.706. The number of aliphatic carboxylic acids is 1. The highest BCUT2D eigenvalue weighted by Gasteiger charge is 2.36. The molecule has 0 spiro atoms. The number of carbonyl (C=O) groups is 2. The van der Waals surface area contributed by atoms with Crippen LogP contribution in [0.2, 0.25) is 0 Å². The summed E-state index contributed by atoms with van der Waals surface area (Å²) < 4.78 is 5.81. The molecule has 2 unspecified atom stereocenters. The maximum absolute atomic E-state index is 13.0. The highest BCUT2D eigenvalue weighted by Crippen LogP contribution is 2.44. The van der Waals surface area contributed by atoms with Crippen molar-refractivity contribution in [1.82, 2.24) is 4.90 Å². The number of hydrogen-bond donors (Lipinski definition) is 1. The standard InChI is InChI=1S/C25H29NO4/c1-2-3-8-18-14-13-17(24(27)28)15-26(18)25(29)30-16-23-21-11-6-4-9-19(21)20-10-5-7-12-22(20)23/h4-7,9-12,17-18,23H,2-3,8,13-16H2,1H3,(H,27,28). The summed E-state index contributed by atoms with van der Waals surface area (Å²) in [4.78, 5) is 26.2. The van der Waals surface area contributed by atoms with Gasteiger partial charge in [0.2, 0.25) is 0 Å². The molecule has 1 fully saturated rings. The summed E-state index contributed by atoms with van der Waals surface area (Å²) in [5.41, 5.74) is 4.74. The number of benzene rings is 2. The van der Waals surface area contributed by atoms with Gasteiger partial charge in [0, 0.05) is 18.5 Å². The van der Waals surface area contributed by atoms with E-state index in [1.807, 2.05) is 24.3 Å². The number of likely N-dealkylation sites (tertiary alicyclic amines) is 1. The first kappa shape index (κ1) is 20.5. The minimum Gasteiger partial charge on any atom is -0.481 e. The number of carboxylic acid groups (broad SMARTS) is 1. The van der Waals surface area contributed by atoms with E-state index < -0.39 is 11.9 Å². The second kappa shape index (κ2) is 8.90. The number of carboxylic acids is 1. The average Bonchev–Trinajstić information content (AvgIpc) is 3.09. The molecule has 1 N–H and O–H groups in total. The van der Waals surface area contributed by atoms with Crippen LogP contribution >= 0.6 is 0 Å². The number of fused-ring (bicyclic) bond motifs is 3. The molecule has 1 amide bonds. The van der Waals surface area contributed by atoms with Crippen LogP contribution in [-0.4, -0.2) is 41.3 Å². The number of rotatable bonds is 6. The summed E-state index contributed by atoms with van der Waals surface area (Å²) in [7, 11) is 0. The van der Waals surface area contributed by atoms with Gasteiger partial charge < -0.3 is 14.7 Å². The van der Waals surface area contributed by atoms with Crippen LogP contribution in [0.4, 0.5) is 4.79 Å². The smallest absolute Gasteiger partial charge is 0.410 e. The van der Waals surface area contributed by atoms with Crippen LogP contribution in [0, 0.1) is 5.92 Å². The number of carbonyl (C=O) groups excluding carboxylic acids is 1. The summed E-state index contributed by atoms with van der Waals surface area (Å²) in [6.07, 6.45) is 3.93. The first-order valence-corrected chi connectivity index (χ1v) is 10.9. The van der Waals surface area contributed by atoms with Gasteiger partial charge in [-0.25, -0.2) is 4.79 Å². The van der Waals surface area contributed by atoms with Crippen molar-refractivity contribution in [2.24, 2.45) is 5.92 Å². The van der Waals surface area contributed by atoms with Crippen LogP contribution in [0.1, 0.15) is 56.1 Å². The molecule has 2 aromatic carbocycles. The van der Waals surface area contributed by atoms with Gasteiger partial charge in [-0.2, -0.15) is 0 Å². The van der Waals surface area contributed by atoms with Crippen LogP contribution < -0.4 is 0 Å². The largest absolute Gasteiger partial charge is 0.481 e. The van der Waals surface area contributed by atoms with E-state index in [1.54, 1.807) is 4.90 Å². The Morgan fingerprint density at radius 3 is 2.27 bits per heavy atom.